The number of carboxylic acid groups (broad SMARTS) is 1. The molecule has 0 bridgehead atoms. The Morgan fingerprint density at radius 2 is 2.00 bits per heavy atom. The van der Waals surface area contributed by atoms with Gasteiger partial charge < -0.3 is 10.4 Å². The van der Waals surface area contributed by atoms with Crippen LogP contribution in [0.5, 0.6) is 0 Å². The highest BCUT2D eigenvalue weighted by Gasteiger charge is 2.16. The van der Waals surface area contributed by atoms with Crippen molar-refractivity contribution in [3.05, 3.63) is 68.2 Å². The summed E-state index contributed by atoms with van der Waals surface area (Å²) in [6.45, 7) is 0.339. The molecule has 0 aliphatic rings. The minimum atomic E-state index is -1.13. The first-order valence-electron chi connectivity index (χ1n) is 5.98. The standard InChI is InChI=1S/C14H11BrN2O4/c15-11-4-2-1-3-10(11)8-16-12-7-9(14(18)19)5-6-13(12)17(20)21/h1-7,16H,8H2,(H,18,19). The van der Waals surface area contributed by atoms with Crippen molar-refractivity contribution >= 4 is 33.3 Å². The lowest BCUT2D eigenvalue weighted by molar-refractivity contribution is -0.384. The molecule has 2 aromatic carbocycles. The summed E-state index contributed by atoms with van der Waals surface area (Å²) < 4.78 is 0.870. The number of carboxylic acids is 1. The first kappa shape index (κ1) is 15.0. The van der Waals surface area contributed by atoms with E-state index in [4.69, 9.17) is 5.11 Å². The molecule has 0 fully saturated rings. The van der Waals surface area contributed by atoms with Crippen LogP contribution in [0.15, 0.2) is 46.9 Å². The van der Waals surface area contributed by atoms with Crippen LogP contribution in [-0.4, -0.2) is 16.0 Å². The smallest absolute Gasteiger partial charge is 0.335 e. The first-order valence-corrected chi connectivity index (χ1v) is 6.77. The molecule has 0 aliphatic heterocycles. The lowest BCUT2D eigenvalue weighted by Gasteiger charge is -2.09. The normalized spacial score (nSPS) is 10.1. The lowest BCUT2D eigenvalue weighted by Crippen LogP contribution is -2.05. The molecule has 0 amide bonds. The van der Waals surface area contributed by atoms with Gasteiger partial charge in [0.2, 0.25) is 0 Å². The van der Waals surface area contributed by atoms with Gasteiger partial charge >= 0.3 is 5.97 Å². The van der Waals surface area contributed by atoms with E-state index in [1.165, 1.54) is 18.2 Å². The summed E-state index contributed by atoms with van der Waals surface area (Å²) in [6.07, 6.45) is 0. The Kier molecular flexibility index (Phi) is 4.54. The molecule has 0 heterocycles. The third-order valence-corrected chi connectivity index (χ3v) is 3.64. The SMILES string of the molecule is O=C(O)c1ccc([N+](=O)[O-])c(NCc2ccccc2Br)c1. The van der Waals surface area contributed by atoms with E-state index in [9.17, 15) is 14.9 Å². The second-order valence-electron chi connectivity index (χ2n) is 4.24. The highest BCUT2D eigenvalue weighted by molar-refractivity contribution is 9.10. The quantitative estimate of drug-likeness (QED) is 0.633. The van der Waals surface area contributed by atoms with Crippen molar-refractivity contribution in [3.63, 3.8) is 0 Å². The summed E-state index contributed by atoms with van der Waals surface area (Å²) in [7, 11) is 0. The molecule has 6 nitrogen and oxygen atoms in total. The second-order valence-corrected chi connectivity index (χ2v) is 5.09. The van der Waals surface area contributed by atoms with Gasteiger partial charge in [0.25, 0.3) is 5.69 Å². The summed E-state index contributed by atoms with van der Waals surface area (Å²) in [5.41, 5.74) is 0.922. The zero-order valence-electron chi connectivity index (χ0n) is 10.7. The van der Waals surface area contributed by atoms with Crippen molar-refractivity contribution in [2.75, 3.05) is 5.32 Å². The Balaban J connectivity index is 2.29. The van der Waals surface area contributed by atoms with E-state index in [1.807, 2.05) is 24.3 Å². The Hall–Kier alpha value is -2.41. The van der Waals surface area contributed by atoms with Gasteiger partial charge in [0.1, 0.15) is 5.69 Å². The van der Waals surface area contributed by atoms with Gasteiger partial charge in [-0.1, -0.05) is 34.1 Å². The third kappa shape index (κ3) is 3.57. The number of nitro benzene ring substituents is 1. The van der Waals surface area contributed by atoms with Gasteiger partial charge in [-0.25, -0.2) is 4.79 Å². The zero-order valence-corrected chi connectivity index (χ0v) is 12.3. The van der Waals surface area contributed by atoms with Crippen molar-refractivity contribution in [2.24, 2.45) is 0 Å². The predicted octanol–water partition coefficient (Wildman–Crippen LogP) is 3.67. The minimum absolute atomic E-state index is 0.00442. The average Bonchev–Trinajstić information content (AvgIpc) is 2.46. The van der Waals surface area contributed by atoms with Gasteiger partial charge in [0.15, 0.2) is 0 Å². The van der Waals surface area contributed by atoms with Crippen LogP contribution in [0.25, 0.3) is 0 Å². The summed E-state index contributed by atoms with van der Waals surface area (Å²) in [6, 6.07) is 11.1. The van der Waals surface area contributed by atoms with Crippen LogP contribution in [0.3, 0.4) is 0 Å². The number of nitrogens with one attached hydrogen (secondary N) is 1. The fourth-order valence-electron chi connectivity index (χ4n) is 1.80. The van der Waals surface area contributed by atoms with Crippen LogP contribution in [0.2, 0.25) is 0 Å². The number of nitro groups is 1. The van der Waals surface area contributed by atoms with E-state index in [-0.39, 0.29) is 16.9 Å². The lowest BCUT2D eigenvalue weighted by atomic mass is 10.1. The predicted molar refractivity (Wildman–Crippen MR) is 81.5 cm³/mol. The number of hydrogen-bond donors (Lipinski definition) is 2. The number of rotatable bonds is 5. The molecule has 0 spiro atoms. The summed E-state index contributed by atoms with van der Waals surface area (Å²) in [5.74, 6) is -1.13. The maximum atomic E-state index is 11.0. The Morgan fingerprint density at radius 1 is 1.29 bits per heavy atom. The van der Waals surface area contributed by atoms with Crippen LogP contribution in [0.4, 0.5) is 11.4 Å². The summed E-state index contributed by atoms with van der Waals surface area (Å²) in [4.78, 5) is 21.4. The summed E-state index contributed by atoms with van der Waals surface area (Å²) >= 11 is 3.39. The molecule has 0 aliphatic carbocycles. The molecule has 2 N–H and O–H groups in total. The van der Waals surface area contributed by atoms with Crippen LogP contribution in [0, 0.1) is 10.1 Å². The molecular weight excluding hydrogens is 340 g/mol. The number of anilines is 1. The zero-order chi connectivity index (χ0) is 15.4. The molecule has 108 valence electrons. The van der Waals surface area contributed by atoms with Gasteiger partial charge in [-0.15, -0.1) is 0 Å². The molecule has 7 heteroatoms. The third-order valence-electron chi connectivity index (χ3n) is 2.87. The molecular formula is C14H11BrN2O4. The van der Waals surface area contributed by atoms with Crippen molar-refractivity contribution < 1.29 is 14.8 Å². The van der Waals surface area contributed by atoms with Crippen LogP contribution in [-0.2, 0) is 6.54 Å². The molecule has 21 heavy (non-hydrogen) atoms. The largest absolute Gasteiger partial charge is 0.478 e. The number of aromatic carboxylic acids is 1. The highest BCUT2D eigenvalue weighted by atomic mass is 79.9. The fourth-order valence-corrected chi connectivity index (χ4v) is 2.23. The second kappa shape index (κ2) is 6.36. The van der Waals surface area contributed by atoms with Crippen molar-refractivity contribution in [3.8, 4) is 0 Å². The minimum Gasteiger partial charge on any atom is -0.478 e. The average molecular weight is 351 g/mol. The van der Waals surface area contributed by atoms with Crippen molar-refractivity contribution in [2.45, 2.75) is 6.54 Å². The Labute approximate surface area is 128 Å². The number of carbonyl (C=O) groups is 1. The molecule has 0 aromatic heterocycles. The number of halogens is 1. The van der Waals surface area contributed by atoms with Crippen LogP contribution < -0.4 is 5.32 Å². The first-order chi connectivity index (χ1) is 9.99. The number of hydrogen-bond acceptors (Lipinski definition) is 4. The van der Waals surface area contributed by atoms with Gasteiger partial charge in [0, 0.05) is 17.1 Å². The molecule has 0 saturated carbocycles. The van der Waals surface area contributed by atoms with E-state index in [0.29, 0.717) is 6.54 Å². The van der Waals surface area contributed by atoms with E-state index in [0.717, 1.165) is 10.0 Å². The molecule has 2 rings (SSSR count). The highest BCUT2D eigenvalue weighted by Crippen LogP contribution is 2.27. The molecule has 0 atom stereocenters. The van der Waals surface area contributed by atoms with E-state index in [1.54, 1.807) is 0 Å². The van der Waals surface area contributed by atoms with Crippen LogP contribution in [0.1, 0.15) is 15.9 Å². The number of nitrogens with zero attached hydrogens (tertiary/aromatic N) is 1. The van der Waals surface area contributed by atoms with Gasteiger partial charge in [0.05, 0.1) is 10.5 Å². The van der Waals surface area contributed by atoms with Crippen molar-refractivity contribution in [1.82, 2.24) is 0 Å². The molecule has 0 saturated heterocycles. The monoisotopic (exact) mass is 350 g/mol. The topological polar surface area (TPSA) is 92.5 Å². The molecule has 2 aromatic rings. The van der Waals surface area contributed by atoms with Gasteiger partial charge in [-0.3, -0.25) is 10.1 Å². The Morgan fingerprint density at radius 3 is 2.62 bits per heavy atom. The Bertz CT molecular complexity index is 703. The summed E-state index contributed by atoms with van der Waals surface area (Å²) in [5, 5.41) is 22.9. The molecule has 0 radical (unpaired) electrons. The fraction of sp³-hybridized carbons (Fsp3) is 0.0714. The van der Waals surface area contributed by atoms with Crippen LogP contribution >= 0.6 is 15.9 Å². The van der Waals surface area contributed by atoms with E-state index < -0.39 is 10.9 Å². The van der Waals surface area contributed by atoms with E-state index >= 15 is 0 Å². The maximum absolute atomic E-state index is 11.0. The van der Waals surface area contributed by atoms with Gasteiger partial charge in [-0.05, 0) is 23.8 Å². The van der Waals surface area contributed by atoms with Crippen molar-refractivity contribution in [1.29, 1.82) is 0 Å². The molecule has 0 unspecified atom stereocenters. The van der Waals surface area contributed by atoms with Gasteiger partial charge in [-0.2, -0.15) is 0 Å². The maximum Gasteiger partial charge on any atom is 0.335 e. The number of benzene rings is 2. The van der Waals surface area contributed by atoms with E-state index in [2.05, 4.69) is 21.2 Å².